The first-order valence-corrected chi connectivity index (χ1v) is 0. The fraction of sp³-hybridized carbons (Fsp3) is 0. The first-order valence-electron chi connectivity index (χ1n) is 0. The Morgan fingerprint density at radius 3 is 0.200 bits per heavy atom. The van der Waals surface area contributed by atoms with Crippen LogP contribution in [0.4, 0.5) is 0 Å². The Labute approximate surface area is 95.7 Å². The van der Waals surface area contributed by atoms with Gasteiger partial charge in [0.25, 0.3) is 0 Å². The van der Waals surface area contributed by atoms with Gasteiger partial charge in [-0.25, -0.2) is 0 Å². The molecule has 0 aromatic rings. The van der Waals surface area contributed by atoms with Gasteiger partial charge in [0.15, 0.2) is 0 Å². The van der Waals surface area contributed by atoms with Crippen LogP contribution in [-0.2, 0) is 52.4 Å². The summed E-state index contributed by atoms with van der Waals surface area (Å²) in [4.78, 5) is 0. The van der Waals surface area contributed by atoms with Crippen LogP contribution in [0.2, 0.25) is 0 Å². The van der Waals surface area contributed by atoms with E-state index in [9.17, 15) is 0 Å². The Morgan fingerprint density at radius 1 is 0.200 bits per heavy atom. The van der Waals surface area contributed by atoms with Crippen molar-refractivity contribution in [1.29, 1.82) is 0 Å². The fourth-order valence-corrected chi connectivity index (χ4v) is 0. The molecule has 0 amide bonds. The molecule has 10 heavy (non-hydrogen) atoms. The van der Waals surface area contributed by atoms with Gasteiger partial charge in [0, 0.05) is 52.4 Å². The molecule has 0 aliphatic heterocycles. The van der Waals surface area contributed by atoms with E-state index in [4.69, 9.17) is 0 Å². The van der Waals surface area contributed by atoms with Crippen LogP contribution in [-0.4, -0.2) is 43.8 Å². The summed E-state index contributed by atoms with van der Waals surface area (Å²) in [6.07, 6.45) is 0. The average Bonchev–Trinajstić information content (AvgIpc) is 0. The molecule has 0 aliphatic rings. The second kappa shape index (κ2) is 446. The van der Waals surface area contributed by atoms with Crippen LogP contribution in [0.15, 0.2) is 0 Å². The van der Waals surface area contributed by atoms with Gasteiger partial charge in [0.2, 0.25) is 0 Å². The molecule has 0 aromatic carbocycles. The third-order valence-electron chi connectivity index (χ3n) is 0. The molecule has 0 bridgehead atoms. The van der Waals surface area contributed by atoms with Crippen molar-refractivity contribution < 1.29 is 96.2 Å². The van der Waals surface area contributed by atoms with Crippen molar-refractivity contribution in [2.75, 3.05) is 0 Å². The molecule has 0 saturated heterocycles. The SMILES string of the molecule is O.O.O.O.O.O.O.O.[Zr].[Zr]. The standard InChI is InChI=1S/8H2O.2Zr/h8*1H2;;. The molecule has 16 N–H and O–H groups in total. The maximum Gasteiger partial charge on any atom is 0 e. The van der Waals surface area contributed by atoms with Gasteiger partial charge in [0.1, 0.15) is 0 Å². The first kappa shape index (κ1) is 597. The Hall–Kier alpha value is 1.45. The maximum atomic E-state index is 0. The second-order valence-corrected chi connectivity index (χ2v) is 0. The molecule has 0 radical (unpaired) electrons. The van der Waals surface area contributed by atoms with E-state index in [1.165, 1.54) is 0 Å². The second-order valence-electron chi connectivity index (χ2n) is 0. The van der Waals surface area contributed by atoms with E-state index in [1.807, 2.05) is 0 Å². The van der Waals surface area contributed by atoms with Crippen molar-refractivity contribution in [3.8, 4) is 0 Å². The molecule has 0 rings (SSSR count). The molecule has 0 fully saturated rings. The van der Waals surface area contributed by atoms with Crippen LogP contribution in [0.3, 0.4) is 0 Å². The predicted molar refractivity (Wildman–Crippen MR) is 28.9 cm³/mol. The van der Waals surface area contributed by atoms with Gasteiger partial charge in [0.05, 0.1) is 0 Å². The van der Waals surface area contributed by atoms with Crippen LogP contribution in [0, 0.1) is 0 Å². The monoisotopic (exact) mass is 324 g/mol. The number of hydrogen-bond donors (Lipinski definition) is 0. The van der Waals surface area contributed by atoms with Crippen molar-refractivity contribution >= 4 is 0 Å². The average molecular weight is 327 g/mol. The zero-order valence-corrected chi connectivity index (χ0v) is 9.92. The number of rotatable bonds is 0. The molecule has 8 nitrogen and oxygen atoms in total. The van der Waals surface area contributed by atoms with E-state index in [0.29, 0.717) is 0 Å². The molecule has 0 spiro atoms. The molecule has 0 aromatic heterocycles. The van der Waals surface area contributed by atoms with Crippen molar-refractivity contribution in [3.05, 3.63) is 0 Å². The van der Waals surface area contributed by atoms with Crippen LogP contribution >= 0.6 is 0 Å². The Morgan fingerprint density at radius 2 is 0.200 bits per heavy atom. The molecule has 0 saturated carbocycles. The summed E-state index contributed by atoms with van der Waals surface area (Å²) >= 11 is 0. The third kappa shape index (κ3) is 322. The van der Waals surface area contributed by atoms with Crippen LogP contribution in [0.5, 0.6) is 0 Å². The topological polar surface area (TPSA) is 252 Å². The summed E-state index contributed by atoms with van der Waals surface area (Å²) in [6.45, 7) is 0. The molecule has 0 heterocycles. The van der Waals surface area contributed by atoms with Gasteiger partial charge in [-0.1, -0.05) is 0 Å². The van der Waals surface area contributed by atoms with Crippen molar-refractivity contribution in [1.82, 2.24) is 0 Å². The van der Waals surface area contributed by atoms with Crippen molar-refractivity contribution in [3.63, 3.8) is 0 Å². The van der Waals surface area contributed by atoms with Gasteiger partial charge < -0.3 is 43.8 Å². The maximum absolute atomic E-state index is 0. The smallest absolute Gasteiger partial charge is 0 e. The summed E-state index contributed by atoms with van der Waals surface area (Å²) in [5, 5.41) is 0. The van der Waals surface area contributed by atoms with Gasteiger partial charge in [-0.15, -0.1) is 0 Å². The minimum Gasteiger partial charge on any atom is -0.412 e. The Balaban J connectivity index is 0. The molecule has 10 heteroatoms. The van der Waals surface area contributed by atoms with Gasteiger partial charge >= 0.3 is 0 Å². The molecule has 0 aliphatic carbocycles. The van der Waals surface area contributed by atoms with Crippen molar-refractivity contribution in [2.24, 2.45) is 0 Å². The van der Waals surface area contributed by atoms with Gasteiger partial charge in [-0.05, 0) is 0 Å². The largest absolute Gasteiger partial charge is 0.412 e. The Kier molecular flexibility index (Phi) is 26600. The van der Waals surface area contributed by atoms with E-state index in [2.05, 4.69) is 0 Å². The van der Waals surface area contributed by atoms with Crippen molar-refractivity contribution in [2.45, 2.75) is 0 Å². The number of hydrogen-bond acceptors (Lipinski definition) is 0. The minimum atomic E-state index is 0. The molecular formula is H16O8Zr2. The molecule has 0 atom stereocenters. The van der Waals surface area contributed by atoms with E-state index < -0.39 is 0 Å². The van der Waals surface area contributed by atoms with Crippen LogP contribution < -0.4 is 0 Å². The molecule has 0 unspecified atom stereocenters. The summed E-state index contributed by atoms with van der Waals surface area (Å²) < 4.78 is 0. The summed E-state index contributed by atoms with van der Waals surface area (Å²) in [7, 11) is 0. The summed E-state index contributed by atoms with van der Waals surface area (Å²) in [5.74, 6) is 0. The zero-order chi connectivity index (χ0) is 0. The quantitative estimate of drug-likeness (QED) is 0.402. The molecule has 72 valence electrons. The van der Waals surface area contributed by atoms with E-state index in [0.717, 1.165) is 0 Å². The van der Waals surface area contributed by atoms with Gasteiger partial charge in [-0.3, -0.25) is 0 Å². The van der Waals surface area contributed by atoms with Crippen LogP contribution in [0.25, 0.3) is 0 Å². The third-order valence-corrected chi connectivity index (χ3v) is 0. The Bertz CT molecular complexity index is 7.22. The molecular weight excluding hydrogens is 310 g/mol. The minimum absolute atomic E-state index is 0. The van der Waals surface area contributed by atoms with E-state index >= 15 is 0 Å². The van der Waals surface area contributed by atoms with E-state index in [-0.39, 0.29) is 96.2 Å². The normalized spacial score (nSPS) is 0. The zero-order valence-electron chi connectivity index (χ0n) is 5.00. The van der Waals surface area contributed by atoms with Crippen LogP contribution in [0.1, 0.15) is 0 Å². The predicted octanol–water partition coefficient (Wildman–Crippen LogP) is -6.60. The van der Waals surface area contributed by atoms with Gasteiger partial charge in [-0.2, -0.15) is 0 Å². The first-order chi connectivity index (χ1) is 0. The summed E-state index contributed by atoms with van der Waals surface area (Å²) in [6, 6.07) is 0. The summed E-state index contributed by atoms with van der Waals surface area (Å²) in [5.41, 5.74) is 0. The fourth-order valence-electron chi connectivity index (χ4n) is 0. The van der Waals surface area contributed by atoms with E-state index in [1.54, 1.807) is 0 Å².